The van der Waals surface area contributed by atoms with Crippen molar-refractivity contribution in [2.24, 2.45) is 5.92 Å². The van der Waals surface area contributed by atoms with Gasteiger partial charge in [0.05, 0.1) is 9.81 Å². The van der Waals surface area contributed by atoms with Crippen molar-refractivity contribution < 1.29 is 9.59 Å². The van der Waals surface area contributed by atoms with E-state index < -0.39 is 0 Å². The van der Waals surface area contributed by atoms with Gasteiger partial charge in [0.1, 0.15) is 0 Å². The van der Waals surface area contributed by atoms with E-state index in [4.69, 9.17) is 0 Å². The number of thioether (sulfide) groups is 2. The molecule has 1 aromatic carbocycles. The van der Waals surface area contributed by atoms with E-state index in [0.29, 0.717) is 17.6 Å². The Bertz CT molecular complexity index is 561. The Morgan fingerprint density at radius 2 is 1.65 bits per heavy atom. The highest BCUT2D eigenvalue weighted by molar-refractivity contribution is 8.27. The summed E-state index contributed by atoms with van der Waals surface area (Å²) in [5.74, 6) is 0.00791. The van der Waals surface area contributed by atoms with Crippen LogP contribution in [0, 0.1) is 5.92 Å². The van der Waals surface area contributed by atoms with E-state index in [1.807, 2.05) is 42.9 Å². The minimum atomic E-state index is -0.171. The van der Waals surface area contributed by atoms with Crippen molar-refractivity contribution in [3.8, 4) is 0 Å². The van der Waals surface area contributed by atoms with Gasteiger partial charge in [-0.25, -0.2) is 0 Å². The molecule has 4 heteroatoms. The van der Waals surface area contributed by atoms with Crippen molar-refractivity contribution in [2.45, 2.75) is 20.3 Å². The Morgan fingerprint density at radius 3 is 2.20 bits per heavy atom. The fourth-order valence-electron chi connectivity index (χ4n) is 1.86. The van der Waals surface area contributed by atoms with Gasteiger partial charge in [-0.3, -0.25) is 9.59 Å². The van der Waals surface area contributed by atoms with Crippen LogP contribution < -0.4 is 0 Å². The molecule has 0 atom stereocenters. The number of allylic oxidation sites excluding steroid dienone is 1. The molecule has 0 N–H and O–H groups in total. The minimum Gasteiger partial charge on any atom is -0.294 e. The van der Waals surface area contributed by atoms with Gasteiger partial charge in [-0.2, -0.15) is 0 Å². The van der Waals surface area contributed by atoms with Gasteiger partial charge in [0.2, 0.25) is 0 Å². The van der Waals surface area contributed by atoms with Crippen LogP contribution in [0.25, 0.3) is 0 Å². The fourth-order valence-corrected chi connectivity index (χ4v) is 3.76. The predicted octanol–water partition coefficient (Wildman–Crippen LogP) is 4.65. The maximum Gasteiger partial charge on any atom is 0.198 e. The number of rotatable bonds is 5. The number of benzene rings is 1. The highest BCUT2D eigenvalue weighted by atomic mass is 32.2. The molecule has 0 spiro atoms. The molecule has 0 amide bonds. The molecule has 0 bridgehead atoms. The quantitative estimate of drug-likeness (QED) is 0.343. The second-order valence-electron chi connectivity index (χ2n) is 4.89. The monoisotopic (exact) mass is 304 g/mol. The van der Waals surface area contributed by atoms with Crippen molar-refractivity contribution in [3.05, 3.63) is 56.5 Å². The Morgan fingerprint density at radius 1 is 1.05 bits per heavy atom. The molecule has 2 nitrogen and oxygen atoms in total. The zero-order chi connectivity index (χ0) is 14.5. The van der Waals surface area contributed by atoms with Crippen LogP contribution in [0.15, 0.2) is 51.0 Å². The summed E-state index contributed by atoms with van der Waals surface area (Å²) in [7, 11) is 0. The van der Waals surface area contributed by atoms with E-state index in [2.05, 4.69) is 0 Å². The third kappa shape index (κ3) is 3.64. The van der Waals surface area contributed by atoms with Crippen molar-refractivity contribution in [2.75, 3.05) is 0 Å². The molecule has 104 valence electrons. The SMILES string of the molecule is CC(C)CC(=O)C(C(=O)c1ccccc1)=C1SC=CS1. The topological polar surface area (TPSA) is 34.1 Å². The number of hydrogen-bond acceptors (Lipinski definition) is 4. The smallest absolute Gasteiger partial charge is 0.198 e. The van der Waals surface area contributed by atoms with Gasteiger partial charge in [-0.1, -0.05) is 67.7 Å². The Hall–Kier alpha value is -1.26. The van der Waals surface area contributed by atoms with Crippen LogP contribution in [-0.4, -0.2) is 11.6 Å². The van der Waals surface area contributed by atoms with Crippen LogP contribution in [0.2, 0.25) is 0 Å². The average Bonchev–Trinajstić information content (AvgIpc) is 2.93. The van der Waals surface area contributed by atoms with Crippen molar-refractivity contribution >= 4 is 35.1 Å². The molecule has 2 rings (SSSR count). The van der Waals surface area contributed by atoms with Crippen LogP contribution in [0.3, 0.4) is 0 Å². The van der Waals surface area contributed by atoms with Crippen LogP contribution in [0.5, 0.6) is 0 Å². The van der Waals surface area contributed by atoms with Crippen molar-refractivity contribution in [1.29, 1.82) is 0 Å². The highest BCUT2D eigenvalue weighted by Gasteiger charge is 2.25. The fraction of sp³-hybridized carbons (Fsp3) is 0.250. The summed E-state index contributed by atoms with van der Waals surface area (Å²) >= 11 is 2.90. The number of carbonyl (C=O) groups is 2. The summed E-state index contributed by atoms with van der Waals surface area (Å²) in [6.45, 7) is 3.97. The van der Waals surface area contributed by atoms with E-state index >= 15 is 0 Å². The molecule has 0 saturated carbocycles. The molecule has 0 aliphatic carbocycles. The second-order valence-corrected chi connectivity index (χ2v) is 6.98. The summed E-state index contributed by atoms with van der Waals surface area (Å²) in [5, 5.41) is 3.81. The summed E-state index contributed by atoms with van der Waals surface area (Å²) in [6.07, 6.45) is 0.401. The van der Waals surface area contributed by atoms with E-state index in [9.17, 15) is 9.59 Å². The summed E-state index contributed by atoms with van der Waals surface area (Å²) in [4.78, 5) is 25.0. The zero-order valence-corrected chi connectivity index (χ0v) is 13.1. The molecule has 0 aromatic heterocycles. The predicted molar refractivity (Wildman–Crippen MR) is 86.6 cm³/mol. The van der Waals surface area contributed by atoms with E-state index in [1.54, 1.807) is 12.1 Å². The van der Waals surface area contributed by atoms with E-state index in [0.717, 1.165) is 4.24 Å². The minimum absolute atomic E-state index is 0.0625. The number of hydrogen-bond donors (Lipinski definition) is 0. The Kier molecular flexibility index (Phi) is 5.26. The van der Waals surface area contributed by atoms with Crippen LogP contribution in [0.1, 0.15) is 30.6 Å². The summed E-state index contributed by atoms with van der Waals surface area (Å²) < 4.78 is 0.796. The number of carbonyl (C=O) groups excluding carboxylic acids is 2. The normalized spacial score (nSPS) is 13.8. The van der Waals surface area contributed by atoms with E-state index in [1.165, 1.54) is 23.5 Å². The molecule has 0 radical (unpaired) electrons. The molecule has 1 aliphatic heterocycles. The van der Waals surface area contributed by atoms with Crippen LogP contribution in [0.4, 0.5) is 0 Å². The van der Waals surface area contributed by atoms with Gasteiger partial charge in [-0.15, -0.1) is 0 Å². The molecular weight excluding hydrogens is 288 g/mol. The molecule has 1 aliphatic rings. The van der Waals surface area contributed by atoms with Gasteiger partial charge in [-0.05, 0) is 16.7 Å². The molecule has 1 aromatic rings. The largest absolute Gasteiger partial charge is 0.294 e. The molecular formula is C16H16O2S2. The van der Waals surface area contributed by atoms with Gasteiger partial charge in [0, 0.05) is 12.0 Å². The lowest BCUT2D eigenvalue weighted by Crippen LogP contribution is -2.16. The standard InChI is InChI=1S/C16H16O2S2/c1-11(2)10-13(17)14(16-19-8-9-20-16)15(18)12-6-4-3-5-7-12/h3-9,11H,10H2,1-2H3. The molecule has 0 saturated heterocycles. The second kappa shape index (κ2) is 6.95. The Balaban J connectivity index is 2.35. The van der Waals surface area contributed by atoms with Crippen LogP contribution in [-0.2, 0) is 4.79 Å². The van der Waals surface area contributed by atoms with Gasteiger partial charge in [0.25, 0.3) is 0 Å². The lowest BCUT2D eigenvalue weighted by atomic mass is 9.96. The first-order chi connectivity index (χ1) is 9.59. The van der Waals surface area contributed by atoms with Gasteiger partial charge in [0.15, 0.2) is 11.6 Å². The third-order valence-corrected chi connectivity index (χ3v) is 4.88. The first kappa shape index (κ1) is 15.1. The summed E-state index contributed by atoms with van der Waals surface area (Å²) in [6, 6.07) is 9.00. The first-order valence-corrected chi connectivity index (χ1v) is 8.21. The number of Topliss-reactive ketones (excluding diaryl/α,β-unsaturated/α-hetero) is 2. The maximum absolute atomic E-state index is 12.6. The lowest BCUT2D eigenvalue weighted by Gasteiger charge is -2.10. The summed E-state index contributed by atoms with van der Waals surface area (Å²) in [5.41, 5.74) is 0.908. The Labute approximate surface area is 127 Å². The van der Waals surface area contributed by atoms with Gasteiger partial charge < -0.3 is 0 Å². The van der Waals surface area contributed by atoms with Gasteiger partial charge >= 0.3 is 0 Å². The average molecular weight is 304 g/mol. The molecule has 0 fully saturated rings. The lowest BCUT2D eigenvalue weighted by molar-refractivity contribution is -0.115. The molecule has 0 unspecified atom stereocenters. The first-order valence-electron chi connectivity index (χ1n) is 6.45. The maximum atomic E-state index is 12.6. The molecule has 20 heavy (non-hydrogen) atoms. The highest BCUT2D eigenvalue weighted by Crippen LogP contribution is 2.41. The zero-order valence-electron chi connectivity index (χ0n) is 11.5. The third-order valence-electron chi connectivity index (χ3n) is 2.75. The van der Waals surface area contributed by atoms with Crippen molar-refractivity contribution in [3.63, 3.8) is 0 Å². The van der Waals surface area contributed by atoms with Crippen molar-refractivity contribution in [1.82, 2.24) is 0 Å². The van der Waals surface area contributed by atoms with Crippen LogP contribution >= 0.6 is 23.5 Å². The van der Waals surface area contributed by atoms with E-state index in [-0.39, 0.29) is 17.5 Å². The number of ketones is 2. The molecule has 1 heterocycles.